The third-order valence-corrected chi connectivity index (χ3v) is 4.15. The summed E-state index contributed by atoms with van der Waals surface area (Å²) in [4.78, 5) is 7.70. The van der Waals surface area contributed by atoms with Crippen LogP contribution in [0.2, 0.25) is 0 Å². The van der Waals surface area contributed by atoms with Gasteiger partial charge in [-0.25, -0.2) is 0 Å². The quantitative estimate of drug-likeness (QED) is 0.735. The molecule has 0 bridgehead atoms. The van der Waals surface area contributed by atoms with E-state index in [1.54, 1.807) is 0 Å². The lowest BCUT2D eigenvalue weighted by atomic mass is 9.98. The van der Waals surface area contributed by atoms with Gasteiger partial charge in [-0.05, 0) is 49.5 Å². The van der Waals surface area contributed by atoms with Gasteiger partial charge < -0.3 is 10.3 Å². The Labute approximate surface area is 112 Å². The number of aromatic nitrogens is 2. The molecule has 1 aliphatic heterocycles. The summed E-state index contributed by atoms with van der Waals surface area (Å²) in [5.74, 6) is 0.795. The summed E-state index contributed by atoms with van der Waals surface area (Å²) in [7, 11) is 0. The second-order valence-corrected chi connectivity index (χ2v) is 5.49. The number of fused-ring (bicyclic) bond motifs is 3. The maximum atomic E-state index is 4.21. The highest BCUT2D eigenvalue weighted by Gasteiger charge is 2.15. The maximum Gasteiger partial charge on any atom is 0.0495 e. The van der Waals surface area contributed by atoms with Gasteiger partial charge in [0.15, 0.2) is 0 Å². The summed E-state index contributed by atoms with van der Waals surface area (Å²) in [6.07, 6.45) is 6.25. The highest BCUT2D eigenvalue weighted by molar-refractivity contribution is 6.06. The van der Waals surface area contributed by atoms with Crippen molar-refractivity contribution in [2.75, 3.05) is 13.1 Å². The molecule has 1 atom stereocenters. The van der Waals surface area contributed by atoms with E-state index in [2.05, 4.69) is 33.5 Å². The Morgan fingerprint density at radius 2 is 2.16 bits per heavy atom. The number of rotatable bonds is 2. The van der Waals surface area contributed by atoms with Crippen molar-refractivity contribution in [1.29, 1.82) is 0 Å². The number of aromatic amines is 1. The second kappa shape index (κ2) is 4.35. The molecule has 3 aromatic rings. The largest absolute Gasteiger partial charge is 0.354 e. The van der Waals surface area contributed by atoms with Crippen molar-refractivity contribution in [1.82, 2.24) is 15.3 Å². The predicted octanol–water partition coefficient (Wildman–Crippen LogP) is 2.87. The minimum atomic E-state index is 0.795. The van der Waals surface area contributed by atoms with E-state index in [-0.39, 0.29) is 0 Å². The maximum absolute atomic E-state index is 4.21. The summed E-state index contributed by atoms with van der Waals surface area (Å²) in [5.41, 5.74) is 3.83. The van der Waals surface area contributed by atoms with Gasteiger partial charge in [-0.15, -0.1) is 0 Å². The zero-order chi connectivity index (χ0) is 12.7. The Bertz CT molecular complexity index is 723. The lowest BCUT2D eigenvalue weighted by Crippen LogP contribution is -2.10. The Morgan fingerprint density at radius 3 is 3.05 bits per heavy atom. The van der Waals surface area contributed by atoms with Crippen molar-refractivity contribution in [3.05, 3.63) is 42.2 Å². The highest BCUT2D eigenvalue weighted by Crippen LogP contribution is 2.26. The van der Waals surface area contributed by atoms with E-state index in [0.29, 0.717) is 0 Å². The Balaban J connectivity index is 1.76. The highest BCUT2D eigenvalue weighted by atomic mass is 14.9. The molecule has 1 aromatic carbocycles. The number of nitrogens with one attached hydrogen (secondary N) is 2. The van der Waals surface area contributed by atoms with Crippen LogP contribution < -0.4 is 5.32 Å². The zero-order valence-corrected chi connectivity index (χ0v) is 10.8. The number of hydrogen-bond donors (Lipinski definition) is 2. The van der Waals surface area contributed by atoms with Gasteiger partial charge in [0, 0.05) is 34.2 Å². The average molecular weight is 251 g/mol. The molecule has 0 amide bonds. The first kappa shape index (κ1) is 11.0. The number of nitrogens with zero attached hydrogens (tertiary/aromatic N) is 1. The first-order chi connectivity index (χ1) is 9.40. The summed E-state index contributed by atoms with van der Waals surface area (Å²) >= 11 is 0. The van der Waals surface area contributed by atoms with E-state index in [1.165, 1.54) is 46.8 Å². The van der Waals surface area contributed by atoms with Crippen LogP contribution in [0.5, 0.6) is 0 Å². The fourth-order valence-corrected chi connectivity index (χ4v) is 3.14. The molecular weight excluding hydrogens is 234 g/mol. The number of benzene rings is 1. The van der Waals surface area contributed by atoms with Crippen LogP contribution in [0.1, 0.15) is 12.0 Å². The van der Waals surface area contributed by atoms with Crippen LogP contribution in [0.25, 0.3) is 21.8 Å². The third kappa shape index (κ3) is 1.90. The summed E-state index contributed by atoms with van der Waals surface area (Å²) in [5, 5.41) is 5.92. The predicted molar refractivity (Wildman–Crippen MR) is 78.3 cm³/mol. The van der Waals surface area contributed by atoms with Gasteiger partial charge in [-0.1, -0.05) is 12.1 Å². The van der Waals surface area contributed by atoms with Crippen molar-refractivity contribution in [3.8, 4) is 0 Å². The van der Waals surface area contributed by atoms with E-state index in [0.717, 1.165) is 12.5 Å². The van der Waals surface area contributed by atoms with Crippen molar-refractivity contribution in [2.45, 2.75) is 12.8 Å². The average Bonchev–Trinajstić information content (AvgIpc) is 3.05. The van der Waals surface area contributed by atoms with Crippen LogP contribution in [0.3, 0.4) is 0 Å². The molecule has 3 nitrogen and oxygen atoms in total. The van der Waals surface area contributed by atoms with E-state index in [1.807, 2.05) is 18.5 Å². The van der Waals surface area contributed by atoms with Crippen molar-refractivity contribution < 1.29 is 0 Å². The van der Waals surface area contributed by atoms with Gasteiger partial charge in [0.25, 0.3) is 0 Å². The molecule has 2 N–H and O–H groups in total. The van der Waals surface area contributed by atoms with Crippen LogP contribution in [-0.4, -0.2) is 23.1 Å². The smallest absolute Gasteiger partial charge is 0.0495 e. The first-order valence-electron chi connectivity index (χ1n) is 6.95. The third-order valence-electron chi connectivity index (χ3n) is 4.15. The van der Waals surface area contributed by atoms with Gasteiger partial charge in [-0.2, -0.15) is 0 Å². The molecule has 3 heteroatoms. The molecule has 0 radical (unpaired) electrons. The lowest BCUT2D eigenvalue weighted by Gasteiger charge is -2.08. The molecule has 1 saturated heterocycles. The Kier molecular flexibility index (Phi) is 2.52. The van der Waals surface area contributed by atoms with Crippen molar-refractivity contribution in [2.24, 2.45) is 5.92 Å². The Hall–Kier alpha value is -1.87. The standard InChI is InChI=1S/C16H17N3/c1-2-13-14-10-18-6-4-15(14)19-16(13)8-11(1)7-12-3-5-17-9-12/h1-2,4,6,8,10,12,17,19H,3,5,7,9H2. The molecule has 2 aromatic heterocycles. The van der Waals surface area contributed by atoms with Crippen LogP contribution in [0.4, 0.5) is 0 Å². The van der Waals surface area contributed by atoms with Gasteiger partial charge in [0.1, 0.15) is 0 Å². The molecule has 19 heavy (non-hydrogen) atoms. The van der Waals surface area contributed by atoms with Gasteiger partial charge in [0.2, 0.25) is 0 Å². The second-order valence-electron chi connectivity index (χ2n) is 5.49. The monoisotopic (exact) mass is 251 g/mol. The van der Waals surface area contributed by atoms with Crippen LogP contribution in [0.15, 0.2) is 36.7 Å². The summed E-state index contributed by atoms with van der Waals surface area (Å²) in [6, 6.07) is 8.83. The van der Waals surface area contributed by atoms with Gasteiger partial charge >= 0.3 is 0 Å². The molecule has 0 aliphatic carbocycles. The molecule has 0 saturated carbocycles. The zero-order valence-electron chi connectivity index (χ0n) is 10.8. The fourth-order valence-electron chi connectivity index (χ4n) is 3.14. The molecule has 0 spiro atoms. The topological polar surface area (TPSA) is 40.7 Å². The molecule has 1 fully saturated rings. The minimum absolute atomic E-state index is 0.795. The molecule has 1 aliphatic rings. The number of H-pyrrole nitrogens is 1. The summed E-state index contributed by atoms with van der Waals surface area (Å²) < 4.78 is 0. The van der Waals surface area contributed by atoms with Crippen LogP contribution in [0, 0.1) is 5.92 Å². The van der Waals surface area contributed by atoms with E-state index in [9.17, 15) is 0 Å². The van der Waals surface area contributed by atoms with E-state index < -0.39 is 0 Å². The molecule has 1 unspecified atom stereocenters. The number of hydrogen-bond acceptors (Lipinski definition) is 2. The lowest BCUT2D eigenvalue weighted by molar-refractivity contribution is 0.580. The fraction of sp³-hybridized carbons (Fsp3) is 0.312. The Morgan fingerprint density at radius 1 is 1.16 bits per heavy atom. The molecule has 96 valence electrons. The van der Waals surface area contributed by atoms with Crippen molar-refractivity contribution in [3.63, 3.8) is 0 Å². The number of pyridine rings is 1. The van der Waals surface area contributed by atoms with E-state index >= 15 is 0 Å². The molecule has 4 rings (SSSR count). The minimum Gasteiger partial charge on any atom is -0.354 e. The van der Waals surface area contributed by atoms with Crippen LogP contribution >= 0.6 is 0 Å². The van der Waals surface area contributed by atoms with Crippen molar-refractivity contribution >= 4 is 21.8 Å². The summed E-state index contributed by atoms with van der Waals surface area (Å²) in [6.45, 7) is 2.33. The molecular formula is C16H17N3. The van der Waals surface area contributed by atoms with Gasteiger partial charge in [0.05, 0.1) is 0 Å². The SMILES string of the molecule is c1cc2[nH]c3cc(CC4CCNC4)ccc3c2cn1. The normalized spacial score (nSPS) is 19.5. The van der Waals surface area contributed by atoms with E-state index in [4.69, 9.17) is 0 Å². The van der Waals surface area contributed by atoms with Gasteiger partial charge in [-0.3, -0.25) is 4.98 Å². The van der Waals surface area contributed by atoms with Crippen LogP contribution in [-0.2, 0) is 6.42 Å². The molecule has 3 heterocycles. The first-order valence-corrected chi connectivity index (χ1v) is 6.95.